The SMILES string of the molecule is CCN(C(=O)[C@H]1CCN(C(=O)c2cncnc2)c2ccccc21)c1ccc(Cl)cc1. The Labute approximate surface area is 180 Å². The lowest BCUT2D eigenvalue weighted by Crippen LogP contribution is -2.42. The van der Waals surface area contributed by atoms with Crippen molar-refractivity contribution in [3.8, 4) is 0 Å². The zero-order valence-corrected chi connectivity index (χ0v) is 17.3. The molecule has 0 spiro atoms. The van der Waals surface area contributed by atoms with Crippen LogP contribution in [0.3, 0.4) is 0 Å². The standard InChI is InChI=1S/C23H21ClN4O2/c1-2-27(18-9-7-17(24)8-10-18)23(30)20-11-12-28(21-6-4-3-5-19(20)21)22(29)16-13-25-15-26-14-16/h3-10,13-15,20H,2,11-12H2,1H3/t20-/m0/s1. The second-order valence-corrected chi connectivity index (χ2v) is 7.48. The summed E-state index contributed by atoms with van der Waals surface area (Å²) in [5.74, 6) is -0.477. The lowest BCUT2D eigenvalue weighted by molar-refractivity contribution is -0.120. The Morgan fingerprint density at radius 1 is 1.10 bits per heavy atom. The maximum atomic E-state index is 13.5. The summed E-state index contributed by atoms with van der Waals surface area (Å²) in [6.07, 6.45) is 4.95. The molecule has 6 nitrogen and oxygen atoms in total. The van der Waals surface area contributed by atoms with Crippen molar-refractivity contribution in [1.82, 2.24) is 9.97 Å². The van der Waals surface area contributed by atoms with Gasteiger partial charge in [0.2, 0.25) is 5.91 Å². The van der Waals surface area contributed by atoms with Crippen molar-refractivity contribution in [1.29, 1.82) is 0 Å². The maximum Gasteiger partial charge on any atom is 0.261 e. The molecular formula is C23H21ClN4O2. The van der Waals surface area contributed by atoms with E-state index in [1.807, 2.05) is 43.3 Å². The Morgan fingerprint density at radius 2 is 1.80 bits per heavy atom. The highest BCUT2D eigenvalue weighted by Crippen LogP contribution is 2.37. The highest BCUT2D eigenvalue weighted by molar-refractivity contribution is 6.30. The average molecular weight is 421 g/mol. The molecule has 2 aromatic carbocycles. The molecule has 1 aliphatic heterocycles. The fourth-order valence-corrected chi connectivity index (χ4v) is 4.00. The van der Waals surface area contributed by atoms with Crippen molar-refractivity contribution in [2.24, 2.45) is 0 Å². The zero-order chi connectivity index (χ0) is 21.1. The molecule has 0 N–H and O–H groups in total. The number of likely N-dealkylation sites (N-methyl/N-ethyl adjacent to an activating group) is 1. The Morgan fingerprint density at radius 3 is 2.50 bits per heavy atom. The van der Waals surface area contributed by atoms with Gasteiger partial charge in [0.25, 0.3) is 5.91 Å². The third-order valence-electron chi connectivity index (χ3n) is 5.32. The number of hydrogen-bond donors (Lipinski definition) is 0. The summed E-state index contributed by atoms with van der Waals surface area (Å²) in [6.45, 7) is 2.94. The Bertz CT molecular complexity index is 1060. The first-order valence-corrected chi connectivity index (χ1v) is 10.2. The largest absolute Gasteiger partial charge is 0.312 e. The lowest BCUT2D eigenvalue weighted by atomic mass is 9.88. The second kappa shape index (κ2) is 8.63. The van der Waals surface area contributed by atoms with Gasteiger partial charge in [0.05, 0.1) is 11.5 Å². The van der Waals surface area contributed by atoms with Gasteiger partial charge in [0, 0.05) is 41.9 Å². The molecule has 2 amide bonds. The van der Waals surface area contributed by atoms with Crippen LogP contribution < -0.4 is 9.80 Å². The molecule has 1 atom stereocenters. The topological polar surface area (TPSA) is 66.4 Å². The van der Waals surface area contributed by atoms with Gasteiger partial charge < -0.3 is 9.80 Å². The number of hydrogen-bond acceptors (Lipinski definition) is 4. The van der Waals surface area contributed by atoms with Crippen LogP contribution in [0.1, 0.15) is 35.2 Å². The third-order valence-corrected chi connectivity index (χ3v) is 5.57. The van der Waals surface area contributed by atoms with Crippen LogP contribution in [0.4, 0.5) is 11.4 Å². The van der Waals surface area contributed by atoms with Gasteiger partial charge in [-0.2, -0.15) is 0 Å². The van der Waals surface area contributed by atoms with Crippen LogP contribution in [-0.4, -0.2) is 34.9 Å². The lowest BCUT2D eigenvalue weighted by Gasteiger charge is -2.36. The monoisotopic (exact) mass is 420 g/mol. The average Bonchev–Trinajstić information content (AvgIpc) is 2.80. The molecule has 0 unspecified atom stereocenters. The molecule has 30 heavy (non-hydrogen) atoms. The predicted molar refractivity (Wildman–Crippen MR) is 117 cm³/mol. The van der Waals surface area contributed by atoms with Crippen LogP contribution in [0.25, 0.3) is 0 Å². The second-order valence-electron chi connectivity index (χ2n) is 7.04. The number of benzene rings is 2. The minimum Gasteiger partial charge on any atom is -0.312 e. The Kier molecular flexibility index (Phi) is 5.77. The highest BCUT2D eigenvalue weighted by atomic mass is 35.5. The summed E-state index contributed by atoms with van der Waals surface area (Å²) in [6, 6.07) is 14.9. The molecule has 0 radical (unpaired) electrons. The van der Waals surface area contributed by atoms with Crippen molar-refractivity contribution in [3.63, 3.8) is 0 Å². The maximum absolute atomic E-state index is 13.5. The van der Waals surface area contributed by atoms with Crippen LogP contribution in [0, 0.1) is 0 Å². The van der Waals surface area contributed by atoms with Gasteiger partial charge in [-0.1, -0.05) is 29.8 Å². The Hall–Kier alpha value is -3.25. The van der Waals surface area contributed by atoms with Crippen molar-refractivity contribution in [3.05, 3.63) is 83.4 Å². The molecule has 2 heterocycles. The Balaban J connectivity index is 1.66. The number of carbonyl (C=O) groups excluding carboxylic acids is 2. The molecule has 1 aromatic heterocycles. The fraction of sp³-hybridized carbons (Fsp3) is 0.217. The summed E-state index contributed by atoms with van der Waals surface area (Å²) in [5, 5.41) is 0.629. The van der Waals surface area contributed by atoms with Crippen molar-refractivity contribution >= 4 is 34.8 Å². The van der Waals surface area contributed by atoms with E-state index >= 15 is 0 Å². The minimum atomic E-state index is -0.326. The first-order chi connectivity index (χ1) is 14.6. The molecule has 0 fully saturated rings. The van der Waals surface area contributed by atoms with Crippen molar-refractivity contribution in [2.75, 3.05) is 22.9 Å². The number of amides is 2. The van der Waals surface area contributed by atoms with E-state index in [-0.39, 0.29) is 17.7 Å². The normalized spacial score (nSPS) is 15.4. The molecule has 3 aromatic rings. The number of rotatable bonds is 4. The van der Waals surface area contributed by atoms with E-state index in [2.05, 4.69) is 9.97 Å². The van der Waals surface area contributed by atoms with Gasteiger partial charge in [0.1, 0.15) is 6.33 Å². The summed E-state index contributed by atoms with van der Waals surface area (Å²) in [5.41, 5.74) is 2.84. The number of aromatic nitrogens is 2. The van der Waals surface area contributed by atoms with Crippen LogP contribution >= 0.6 is 11.6 Å². The van der Waals surface area contributed by atoms with Crippen molar-refractivity contribution < 1.29 is 9.59 Å². The van der Waals surface area contributed by atoms with E-state index in [4.69, 9.17) is 11.6 Å². The summed E-state index contributed by atoms with van der Waals surface area (Å²) < 4.78 is 0. The van der Waals surface area contributed by atoms with E-state index in [0.29, 0.717) is 30.1 Å². The number of carbonyl (C=O) groups is 2. The number of nitrogens with zero attached hydrogens (tertiary/aromatic N) is 4. The van der Waals surface area contributed by atoms with E-state index in [1.54, 1.807) is 21.9 Å². The predicted octanol–water partition coefficient (Wildman–Crippen LogP) is 4.32. The smallest absolute Gasteiger partial charge is 0.261 e. The molecule has 0 aliphatic carbocycles. The highest BCUT2D eigenvalue weighted by Gasteiger charge is 2.35. The summed E-state index contributed by atoms with van der Waals surface area (Å²) in [7, 11) is 0. The summed E-state index contributed by atoms with van der Waals surface area (Å²) in [4.78, 5) is 37.9. The van der Waals surface area contributed by atoms with Crippen LogP contribution in [-0.2, 0) is 4.79 Å². The minimum absolute atomic E-state index is 0.0161. The molecule has 0 saturated heterocycles. The van der Waals surface area contributed by atoms with Gasteiger partial charge in [-0.25, -0.2) is 9.97 Å². The molecule has 0 bridgehead atoms. The molecule has 1 aliphatic rings. The van der Waals surface area contributed by atoms with Gasteiger partial charge >= 0.3 is 0 Å². The third kappa shape index (κ3) is 3.78. The molecule has 7 heteroatoms. The molecule has 152 valence electrons. The van der Waals surface area contributed by atoms with Crippen LogP contribution in [0.2, 0.25) is 5.02 Å². The molecular weight excluding hydrogens is 400 g/mol. The zero-order valence-electron chi connectivity index (χ0n) is 16.5. The molecule has 4 rings (SSSR count). The van der Waals surface area contributed by atoms with Crippen LogP contribution in [0.15, 0.2) is 67.3 Å². The van der Waals surface area contributed by atoms with Gasteiger partial charge in [0.15, 0.2) is 0 Å². The number of anilines is 2. The molecule has 0 saturated carbocycles. The first kappa shape index (κ1) is 20.0. The quantitative estimate of drug-likeness (QED) is 0.630. The van der Waals surface area contributed by atoms with Gasteiger partial charge in [-0.15, -0.1) is 0 Å². The van der Waals surface area contributed by atoms with E-state index in [9.17, 15) is 9.59 Å². The van der Waals surface area contributed by atoms with E-state index in [1.165, 1.54) is 18.7 Å². The van der Waals surface area contributed by atoms with Crippen LogP contribution in [0.5, 0.6) is 0 Å². The number of halogens is 1. The van der Waals surface area contributed by atoms with Gasteiger partial charge in [-0.3, -0.25) is 9.59 Å². The number of para-hydroxylation sites is 1. The fourth-order valence-electron chi connectivity index (χ4n) is 3.87. The van der Waals surface area contributed by atoms with Gasteiger partial charge in [-0.05, 0) is 49.2 Å². The first-order valence-electron chi connectivity index (χ1n) is 9.83. The van der Waals surface area contributed by atoms with Crippen molar-refractivity contribution in [2.45, 2.75) is 19.3 Å². The van der Waals surface area contributed by atoms with E-state index < -0.39 is 0 Å². The summed E-state index contributed by atoms with van der Waals surface area (Å²) >= 11 is 6.00. The van der Waals surface area contributed by atoms with E-state index in [0.717, 1.165) is 16.9 Å². The number of fused-ring (bicyclic) bond motifs is 1.